The number of hydrogen-bond acceptors (Lipinski definition) is 4. The molecule has 19 heavy (non-hydrogen) atoms. The van der Waals surface area contributed by atoms with Gasteiger partial charge in [0.25, 0.3) is 0 Å². The highest BCUT2D eigenvalue weighted by Crippen LogP contribution is 2.22. The predicted molar refractivity (Wildman–Crippen MR) is 85.1 cm³/mol. The Balaban J connectivity index is 2.69. The molecule has 1 heterocycles. The average molecular weight is 348 g/mol. The van der Waals surface area contributed by atoms with Crippen LogP contribution in [0.3, 0.4) is 0 Å². The van der Waals surface area contributed by atoms with Gasteiger partial charge >= 0.3 is 0 Å². The fraction of sp³-hybridized carbons (Fsp3) is 0.692. The summed E-state index contributed by atoms with van der Waals surface area (Å²) in [5, 5.41) is 3.46. The van der Waals surface area contributed by atoms with Crippen molar-refractivity contribution in [3.05, 3.63) is 16.5 Å². The van der Waals surface area contributed by atoms with E-state index < -0.39 is 10.8 Å². The van der Waals surface area contributed by atoms with Gasteiger partial charge in [-0.05, 0) is 22.4 Å². The van der Waals surface area contributed by atoms with Crippen LogP contribution in [0.15, 0.2) is 10.7 Å². The Bertz CT molecular complexity index is 460. The van der Waals surface area contributed by atoms with Crippen LogP contribution in [0, 0.1) is 0 Å². The summed E-state index contributed by atoms with van der Waals surface area (Å²) in [7, 11) is -0.773. The van der Waals surface area contributed by atoms with Crippen molar-refractivity contribution in [1.82, 2.24) is 9.97 Å². The largest absolute Gasteiger partial charge is 0.370 e. The molecule has 1 aromatic heterocycles. The van der Waals surface area contributed by atoms with Crippen LogP contribution in [0.4, 0.5) is 5.82 Å². The third-order valence-electron chi connectivity index (χ3n) is 2.79. The maximum Gasteiger partial charge on any atom is 0.137 e. The molecule has 2 atom stereocenters. The Morgan fingerprint density at radius 2 is 2.05 bits per heavy atom. The Morgan fingerprint density at radius 1 is 1.42 bits per heavy atom. The lowest BCUT2D eigenvalue weighted by Crippen LogP contribution is -2.19. The lowest BCUT2D eigenvalue weighted by Gasteiger charge is -2.18. The van der Waals surface area contributed by atoms with Gasteiger partial charge in [0, 0.05) is 40.3 Å². The summed E-state index contributed by atoms with van der Waals surface area (Å²) >= 11 is 3.41. The van der Waals surface area contributed by atoms with E-state index in [0.717, 1.165) is 29.2 Å². The Labute approximate surface area is 126 Å². The molecular weight excluding hydrogens is 326 g/mol. The Kier molecular flexibility index (Phi) is 5.92. The SMILES string of the molecule is CC(CCNc1cc(Br)nc(C(C)(C)C)n1)S(C)=O. The topological polar surface area (TPSA) is 54.9 Å². The van der Waals surface area contributed by atoms with Crippen molar-refractivity contribution in [2.45, 2.75) is 44.8 Å². The van der Waals surface area contributed by atoms with Gasteiger partial charge in [-0.25, -0.2) is 9.97 Å². The van der Waals surface area contributed by atoms with E-state index in [1.54, 1.807) is 6.26 Å². The van der Waals surface area contributed by atoms with E-state index in [-0.39, 0.29) is 10.7 Å². The lowest BCUT2D eigenvalue weighted by atomic mass is 9.96. The van der Waals surface area contributed by atoms with Crippen molar-refractivity contribution in [2.24, 2.45) is 0 Å². The predicted octanol–water partition coefficient (Wildman–Crippen LogP) is 3.11. The molecule has 1 N–H and O–H groups in total. The molecule has 2 unspecified atom stereocenters. The maximum absolute atomic E-state index is 11.3. The molecule has 0 bridgehead atoms. The van der Waals surface area contributed by atoms with Crippen molar-refractivity contribution < 1.29 is 4.21 Å². The highest BCUT2D eigenvalue weighted by molar-refractivity contribution is 9.10. The molecule has 0 amide bonds. The molecule has 0 aromatic carbocycles. The minimum absolute atomic E-state index is 0.0849. The second-order valence-corrected chi connectivity index (χ2v) is 8.29. The molecule has 0 aliphatic heterocycles. The lowest BCUT2D eigenvalue weighted by molar-refractivity contribution is 0.544. The number of rotatable bonds is 5. The van der Waals surface area contributed by atoms with Gasteiger partial charge in [0.2, 0.25) is 0 Å². The van der Waals surface area contributed by atoms with Crippen LogP contribution in [0.2, 0.25) is 0 Å². The van der Waals surface area contributed by atoms with Crippen molar-refractivity contribution in [2.75, 3.05) is 18.1 Å². The zero-order valence-corrected chi connectivity index (χ0v) is 14.6. The number of nitrogens with one attached hydrogen (secondary N) is 1. The number of hydrogen-bond donors (Lipinski definition) is 1. The number of halogens is 1. The van der Waals surface area contributed by atoms with Crippen LogP contribution in [-0.4, -0.2) is 32.2 Å². The van der Waals surface area contributed by atoms with E-state index in [9.17, 15) is 4.21 Å². The monoisotopic (exact) mass is 347 g/mol. The fourth-order valence-electron chi connectivity index (χ4n) is 1.41. The molecule has 0 spiro atoms. The zero-order valence-electron chi connectivity index (χ0n) is 12.2. The summed E-state index contributed by atoms with van der Waals surface area (Å²) in [6, 6.07) is 1.86. The smallest absolute Gasteiger partial charge is 0.137 e. The molecule has 6 heteroatoms. The quantitative estimate of drug-likeness (QED) is 0.831. The van der Waals surface area contributed by atoms with Gasteiger partial charge in [0.05, 0.1) is 0 Å². The number of aromatic nitrogens is 2. The van der Waals surface area contributed by atoms with Crippen LogP contribution < -0.4 is 5.32 Å². The first-order valence-corrected chi connectivity index (χ1v) is 8.72. The minimum atomic E-state index is -0.773. The average Bonchev–Trinajstić information content (AvgIpc) is 2.26. The molecule has 0 radical (unpaired) electrons. The second kappa shape index (κ2) is 6.79. The zero-order chi connectivity index (χ0) is 14.6. The van der Waals surface area contributed by atoms with Crippen LogP contribution in [0.5, 0.6) is 0 Å². The van der Waals surface area contributed by atoms with Gasteiger partial charge in [0.1, 0.15) is 16.2 Å². The maximum atomic E-state index is 11.3. The summed E-state index contributed by atoms with van der Waals surface area (Å²) < 4.78 is 12.1. The van der Waals surface area contributed by atoms with Crippen LogP contribution in [0.1, 0.15) is 39.9 Å². The van der Waals surface area contributed by atoms with Crippen LogP contribution in [-0.2, 0) is 16.2 Å². The van der Waals surface area contributed by atoms with Gasteiger partial charge in [-0.3, -0.25) is 4.21 Å². The first-order valence-electron chi connectivity index (χ1n) is 6.31. The molecular formula is C13H22BrN3OS. The number of anilines is 1. The van der Waals surface area contributed by atoms with Gasteiger partial charge in [-0.1, -0.05) is 27.7 Å². The highest BCUT2D eigenvalue weighted by Gasteiger charge is 2.18. The summed E-state index contributed by atoms with van der Waals surface area (Å²) in [6.45, 7) is 9.00. The summed E-state index contributed by atoms with van der Waals surface area (Å²) in [5.41, 5.74) is -0.0849. The fourth-order valence-corrected chi connectivity index (χ4v) is 2.25. The van der Waals surface area contributed by atoms with E-state index in [0.29, 0.717) is 0 Å². The molecule has 0 aliphatic carbocycles. The highest BCUT2D eigenvalue weighted by atomic mass is 79.9. The normalized spacial score (nSPS) is 15.1. The first-order chi connectivity index (χ1) is 8.70. The van der Waals surface area contributed by atoms with E-state index in [1.165, 1.54) is 0 Å². The van der Waals surface area contributed by atoms with Gasteiger partial charge in [-0.15, -0.1) is 0 Å². The van der Waals surface area contributed by atoms with E-state index in [2.05, 4.69) is 52.0 Å². The number of nitrogens with zero attached hydrogens (tertiary/aromatic N) is 2. The van der Waals surface area contributed by atoms with Crippen molar-refractivity contribution >= 4 is 32.5 Å². The van der Waals surface area contributed by atoms with Crippen molar-refractivity contribution in [1.29, 1.82) is 0 Å². The van der Waals surface area contributed by atoms with Crippen molar-refractivity contribution in [3.8, 4) is 0 Å². The standard InChI is InChI=1S/C13H22BrN3OS/c1-9(19(5)18)6-7-15-11-8-10(14)16-12(17-11)13(2,3)4/h8-9H,6-7H2,1-5H3,(H,15,16,17). The molecule has 4 nitrogen and oxygen atoms in total. The second-order valence-electron chi connectivity index (χ2n) is 5.67. The molecule has 108 valence electrons. The minimum Gasteiger partial charge on any atom is -0.370 e. The van der Waals surface area contributed by atoms with Gasteiger partial charge in [0.15, 0.2) is 0 Å². The van der Waals surface area contributed by atoms with E-state index >= 15 is 0 Å². The molecule has 0 saturated carbocycles. The molecule has 0 aliphatic rings. The third-order valence-corrected chi connectivity index (χ3v) is 4.56. The van der Waals surface area contributed by atoms with Gasteiger partial charge in [-0.2, -0.15) is 0 Å². The molecule has 0 fully saturated rings. The molecule has 1 rings (SSSR count). The van der Waals surface area contributed by atoms with Crippen molar-refractivity contribution in [3.63, 3.8) is 0 Å². The third kappa shape index (κ3) is 5.57. The van der Waals surface area contributed by atoms with E-state index in [4.69, 9.17) is 0 Å². The summed E-state index contributed by atoms with van der Waals surface area (Å²) in [4.78, 5) is 8.91. The van der Waals surface area contributed by atoms with Crippen LogP contribution >= 0.6 is 15.9 Å². The Morgan fingerprint density at radius 3 is 2.58 bits per heavy atom. The first kappa shape index (κ1) is 16.6. The van der Waals surface area contributed by atoms with Gasteiger partial charge < -0.3 is 5.32 Å². The van der Waals surface area contributed by atoms with E-state index in [1.807, 2.05) is 13.0 Å². The molecule has 1 aromatic rings. The summed E-state index contributed by atoms with van der Waals surface area (Å²) in [5.74, 6) is 1.61. The summed E-state index contributed by atoms with van der Waals surface area (Å²) in [6.07, 6.45) is 2.60. The molecule has 0 saturated heterocycles. The van der Waals surface area contributed by atoms with Crippen LogP contribution in [0.25, 0.3) is 0 Å². The Hall–Kier alpha value is -0.490.